The Morgan fingerprint density at radius 2 is 1.91 bits per heavy atom. The number of nitrogens with zero attached hydrogens (tertiary/aromatic N) is 1. The molecule has 2 fully saturated rings. The van der Waals surface area contributed by atoms with Crippen LogP contribution in [0.15, 0.2) is 30.3 Å². The van der Waals surface area contributed by atoms with Gasteiger partial charge in [-0.1, -0.05) is 37.5 Å². The highest BCUT2D eigenvalue weighted by atomic mass is 16.5. The molecular formula is C17H21NO4. The number of esters is 1. The van der Waals surface area contributed by atoms with Crippen LogP contribution in [0.4, 0.5) is 0 Å². The van der Waals surface area contributed by atoms with Crippen molar-refractivity contribution in [2.75, 3.05) is 19.8 Å². The second kappa shape index (κ2) is 6.38. The predicted molar refractivity (Wildman–Crippen MR) is 80.4 cm³/mol. The van der Waals surface area contributed by atoms with Gasteiger partial charge in [0.2, 0.25) is 0 Å². The predicted octanol–water partition coefficient (Wildman–Crippen LogP) is 2.15. The third-order valence-corrected chi connectivity index (χ3v) is 4.53. The second-order valence-corrected chi connectivity index (χ2v) is 5.88. The summed E-state index contributed by atoms with van der Waals surface area (Å²) >= 11 is 0. The number of para-hydroxylation sites is 1. The van der Waals surface area contributed by atoms with Gasteiger partial charge in [-0.3, -0.25) is 4.79 Å². The van der Waals surface area contributed by atoms with Gasteiger partial charge in [-0.15, -0.1) is 0 Å². The molecule has 1 aliphatic heterocycles. The number of benzene rings is 1. The molecule has 1 spiro atoms. The third kappa shape index (κ3) is 2.80. The monoisotopic (exact) mass is 303 g/mol. The standard InChI is InChI=1S/C17H21NO4/c19-15(13-22-14-7-3-1-4-8-14)18-11-12-21-16(20)17(18)9-5-2-6-10-17/h1,3-4,7-8H,2,5-6,9-13H2. The third-order valence-electron chi connectivity index (χ3n) is 4.53. The van der Waals surface area contributed by atoms with Gasteiger partial charge < -0.3 is 14.4 Å². The number of amides is 1. The fraction of sp³-hybridized carbons (Fsp3) is 0.529. The zero-order valence-corrected chi connectivity index (χ0v) is 12.6. The SMILES string of the molecule is O=C(COc1ccccc1)N1CCOC(=O)C12CCCCC2. The first-order valence-corrected chi connectivity index (χ1v) is 7.88. The number of carbonyl (C=O) groups is 2. The number of hydrogen-bond donors (Lipinski definition) is 0. The van der Waals surface area contributed by atoms with Gasteiger partial charge in [0, 0.05) is 0 Å². The van der Waals surface area contributed by atoms with Crippen molar-refractivity contribution < 1.29 is 19.1 Å². The highest BCUT2D eigenvalue weighted by Crippen LogP contribution is 2.36. The zero-order valence-electron chi connectivity index (χ0n) is 12.6. The van der Waals surface area contributed by atoms with Gasteiger partial charge in [0.15, 0.2) is 6.61 Å². The summed E-state index contributed by atoms with van der Waals surface area (Å²) in [4.78, 5) is 26.6. The van der Waals surface area contributed by atoms with Crippen LogP contribution in [0.1, 0.15) is 32.1 Å². The van der Waals surface area contributed by atoms with Crippen molar-refractivity contribution in [3.63, 3.8) is 0 Å². The lowest BCUT2D eigenvalue weighted by atomic mass is 9.79. The van der Waals surface area contributed by atoms with Gasteiger partial charge in [0.1, 0.15) is 17.9 Å². The van der Waals surface area contributed by atoms with E-state index < -0.39 is 5.54 Å². The van der Waals surface area contributed by atoms with Crippen molar-refractivity contribution in [3.8, 4) is 5.75 Å². The summed E-state index contributed by atoms with van der Waals surface area (Å²) in [5, 5.41) is 0. The van der Waals surface area contributed by atoms with Crippen molar-refractivity contribution in [1.82, 2.24) is 4.90 Å². The topological polar surface area (TPSA) is 55.8 Å². The zero-order chi connectivity index (χ0) is 15.4. The molecule has 0 aromatic heterocycles. The Bertz CT molecular complexity index is 537. The fourth-order valence-corrected chi connectivity index (χ4v) is 3.40. The first-order chi connectivity index (χ1) is 10.7. The molecule has 22 heavy (non-hydrogen) atoms. The Hall–Kier alpha value is -2.04. The van der Waals surface area contributed by atoms with E-state index in [4.69, 9.17) is 9.47 Å². The van der Waals surface area contributed by atoms with E-state index in [1.165, 1.54) is 0 Å². The fourth-order valence-electron chi connectivity index (χ4n) is 3.40. The van der Waals surface area contributed by atoms with Crippen molar-refractivity contribution in [3.05, 3.63) is 30.3 Å². The molecule has 2 aliphatic rings. The number of morpholine rings is 1. The molecular weight excluding hydrogens is 282 g/mol. The van der Waals surface area contributed by atoms with Gasteiger partial charge in [-0.25, -0.2) is 4.79 Å². The molecule has 0 N–H and O–H groups in total. The molecule has 118 valence electrons. The van der Waals surface area contributed by atoms with Crippen LogP contribution in [0, 0.1) is 0 Å². The second-order valence-electron chi connectivity index (χ2n) is 5.88. The largest absolute Gasteiger partial charge is 0.484 e. The van der Waals surface area contributed by atoms with Crippen molar-refractivity contribution in [2.24, 2.45) is 0 Å². The van der Waals surface area contributed by atoms with Crippen LogP contribution >= 0.6 is 0 Å². The van der Waals surface area contributed by atoms with E-state index in [9.17, 15) is 9.59 Å². The van der Waals surface area contributed by atoms with Crippen molar-refractivity contribution >= 4 is 11.9 Å². The maximum atomic E-state index is 12.6. The minimum absolute atomic E-state index is 0.0426. The number of hydrogen-bond acceptors (Lipinski definition) is 4. The Balaban J connectivity index is 1.70. The molecule has 5 heteroatoms. The number of cyclic esters (lactones) is 1. The lowest BCUT2D eigenvalue weighted by Crippen LogP contribution is -2.63. The summed E-state index contributed by atoms with van der Waals surface area (Å²) in [5.74, 6) is 0.280. The molecule has 1 saturated carbocycles. The molecule has 1 heterocycles. The number of rotatable bonds is 3. The Kier molecular flexibility index (Phi) is 4.32. The molecule has 1 aromatic carbocycles. The normalized spacial score (nSPS) is 20.5. The Morgan fingerprint density at radius 1 is 1.18 bits per heavy atom. The van der Waals surface area contributed by atoms with Gasteiger partial charge in [0.05, 0.1) is 6.54 Å². The average Bonchev–Trinajstić information content (AvgIpc) is 2.57. The minimum Gasteiger partial charge on any atom is -0.484 e. The van der Waals surface area contributed by atoms with E-state index in [0.29, 0.717) is 25.1 Å². The average molecular weight is 303 g/mol. The molecule has 1 amide bonds. The molecule has 3 rings (SSSR count). The van der Waals surface area contributed by atoms with Crippen molar-refractivity contribution in [2.45, 2.75) is 37.6 Å². The van der Waals surface area contributed by atoms with Crippen LogP contribution in [-0.2, 0) is 14.3 Å². The minimum atomic E-state index is -0.756. The van der Waals surface area contributed by atoms with E-state index in [0.717, 1.165) is 19.3 Å². The maximum absolute atomic E-state index is 12.6. The quantitative estimate of drug-likeness (QED) is 0.803. The van der Waals surface area contributed by atoms with Gasteiger partial charge in [-0.05, 0) is 25.0 Å². The highest BCUT2D eigenvalue weighted by molar-refractivity contribution is 5.89. The van der Waals surface area contributed by atoms with Crippen LogP contribution in [0.3, 0.4) is 0 Å². The maximum Gasteiger partial charge on any atom is 0.332 e. The summed E-state index contributed by atoms with van der Waals surface area (Å²) < 4.78 is 10.8. The highest BCUT2D eigenvalue weighted by Gasteiger charge is 2.50. The Labute approximate surface area is 130 Å². The van der Waals surface area contributed by atoms with Crippen LogP contribution in [-0.4, -0.2) is 42.1 Å². The summed E-state index contributed by atoms with van der Waals surface area (Å²) in [6, 6.07) is 9.25. The number of carbonyl (C=O) groups excluding carboxylic acids is 2. The van der Waals surface area contributed by atoms with Gasteiger partial charge in [-0.2, -0.15) is 0 Å². The van der Waals surface area contributed by atoms with E-state index >= 15 is 0 Å². The Morgan fingerprint density at radius 3 is 2.64 bits per heavy atom. The molecule has 0 atom stereocenters. The molecule has 1 saturated heterocycles. The van der Waals surface area contributed by atoms with E-state index in [2.05, 4.69) is 0 Å². The van der Waals surface area contributed by atoms with Crippen LogP contribution in [0.2, 0.25) is 0 Å². The van der Waals surface area contributed by atoms with E-state index in [1.54, 1.807) is 4.90 Å². The molecule has 0 radical (unpaired) electrons. The van der Waals surface area contributed by atoms with Crippen LogP contribution in [0.25, 0.3) is 0 Å². The number of ether oxygens (including phenoxy) is 2. The molecule has 1 aromatic rings. The first-order valence-electron chi connectivity index (χ1n) is 7.88. The summed E-state index contributed by atoms with van der Waals surface area (Å²) in [7, 11) is 0. The molecule has 1 aliphatic carbocycles. The van der Waals surface area contributed by atoms with Crippen LogP contribution < -0.4 is 4.74 Å². The smallest absolute Gasteiger partial charge is 0.332 e. The summed E-state index contributed by atoms with van der Waals surface area (Å²) in [5.41, 5.74) is -0.756. The molecule has 0 bridgehead atoms. The lowest BCUT2D eigenvalue weighted by Gasteiger charge is -2.46. The van der Waals surface area contributed by atoms with Gasteiger partial charge in [0.25, 0.3) is 5.91 Å². The van der Waals surface area contributed by atoms with Crippen LogP contribution in [0.5, 0.6) is 5.75 Å². The molecule has 0 unspecified atom stereocenters. The first kappa shape index (κ1) is 14.9. The lowest BCUT2D eigenvalue weighted by molar-refractivity contribution is -0.178. The van der Waals surface area contributed by atoms with E-state index in [-0.39, 0.29) is 25.1 Å². The van der Waals surface area contributed by atoms with Crippen molar-refractivity contribution in [1.29, 1.82) is 0 Å². The molecule has 5 nitrogen and oxygen atoms in total. The van der Waals surface area contributed by atoms with Gasteiger partial charge >= 0.3 is 5.97 Å². The van der Waals surface area contributed by atoms with E-state index in [1.807, 2.05) is 30.3 Å². The summed E-state index contributed by atoms with van der Waals surface area (Å²) in [6.45, 7) is 0.694. The summed E-state index contributed by atoms with van der Waals surface area (Å²) in [6.07, 6.45) is 4.42.